The SMILES string of the molecule is CC1(C)OC(C)(C)C(C)(C)C1(C)C.CN1C(C)(C)C(C)(C)N(C)C(C)(C)C1(C)C.CN1C(C)(C)C(C)(C)N(C)C(C)(C)C1(C)C.CN1C(C)(C)C(C)(C)OC(C)(C)C1(C)C.CN1C(C)(C)C(C)(C)OC(C)(C)C1(C)C.CN1C(C)(C)C(C)(C)SC(C)(C)C1(C)C.CN1C(C)(C)C(C)(C)SC(C)(C)C1(C)C. The van der Waals surface area contributed by atoms with E-state index in [0.29, 0.717) is 0 Å². The maximum absolute atomic E-state index is 6.32. The molecule has 0 saturated carbocycles. The Labute approximate surface area is 669 Å². The first kappa shape index (κ1) is 103. The summed E-state index contributed by atoms with van der Waals surface area (Å²) in [5.74, 6) is 0. The van der Waals surface area contributed by atoms with Gasteiger partial charge in [-0.2, -0.15) is 0 Å². The van der Waals surface area contributed by atoms with Gasteiger partial charge in [0.2, 0.25) is 0 Å². The number of morpholine rings is 2. The van der Waals surface area contributed by atoms with Gasteiger partial charge in [-0.15, -0.1) is 23.5 Å². The largest absolute Gasteiger partial charge is 0.369 e. The monoisotopic (exact) mass is 1520 g/mol. The second-order valence-corrected chi connectivity index (χ2v) is 52.8. The van der Waals surface area contributed by atoms with E-state index in [2.05, 4.69) is 507 Å². The summed E-state index contributed by atoms with van der Waals surface area (Å²) in [6.07, 6.45) is 0. The van der Waals surface area contributed by atoms with Gasteiger partial charge in [0.15, 0.2) is 0 Å². The van der Waals surface area contributed by atoms with Crippen LogP contribution in [0.25, 0.3) is 0 Å². The van der Waals surface area contributed by atoms with Gasteiger partial charge in [0.25, 0.3) is 0 Å². The summed E-state index contributed by atoms with van der Waals surface area (Å²) in [7, 11) is 18.0. The molecule has 7 fully saturated rings. The Morgan fingerprint density at radius 2 is 0.229 bits per heavy atom. The molecule has 7 heterocycles. The highest BCUT2D eigenvalue weighted by Gasteiger charge is 2.67. The van der Waals surface area contributed by atoms with Gasteiger partial charge >= 0.3 is 0 Å². The minimum absolute atomic E-state index is 0.0337. The molecule has 0 atom stereocenters. The van der Waals surface area contributed by atoms with Gasteiger partial charge < -0.3 is 14.2 Å². The van der Waals surface area contributed by atoms with Crippen LogP contribution in [0.1, 0.15) is 388 Å². The molecule has 0 bridgehead atoms. The molecular weight excluding hydrogens is 1330 g/mol. The molecular formula is C92H192N8O3S2. The van der Waals surface area contributed by atoms with Gasteiger partial charge in [0.1, 0.15) is 0 Å². The highest BCUT2D eigenvalue weighted by Crippen LogP contribution is 2.63. The zero-order valence-electron chi connectivity index (χ0n) is 83.6. The average Bonchev–Trinajstić information content (AvgIpc) is 1.20. The lowest BCUT2D eigenvalue weighted by atomic mass is 9.57. The molecule has 0 aromatic heterocycles. The van der Waals surface area contributed by atoms with Crippen LogP contribution in [0.2, 0.25) is 0 Å². The molecule has 7 aliphatic rings. The second-order valence-electron chi connectivity index (χ2n) is 48.3. The number of hydrogen-bond acceptors (Lipinski definition) is 13. The summed E-state index contributed by atoms with van der Waals surface area (Å²) in [5.41, 5.74) is 2.00. The highest BCUT2D eigenvalue weighted by atomic mass is 32.2. The summed E-state index contributed by atoms with van der Waals surface area (Å²) >= 11 is 4.24. The maximum Gasteiger partial charge on any atom is 0.0812 e. The lowest BCUT2D eigenvalue weighted by Crippen LogP contribution is -2.82. The van der Waals surface area contributed by atoms with Crippen molar-refractivity contribution in [2.24, 2.45) is 10.8 Å². The minimum Gasteiger partial charge on any atom is -0.369 e. The van der Waals surface area contributed by atoms with E-state index in [1.54, 1.807) is 0 Å². The van der Waals surface area contributed by atoms with E-state index in [1.807, 2.05) is 0 Å². The van der Waals surface area contributed by atoms with Crippen molar-refractivity contribution in [1.29, 1.82) is 0 Å². The predicted octanol–water partition coefficient (Wildman–Crippen LogP) is 23.3. The zero-order valence-corrected chi connectivity index (χ0v) is 85.3. The van der Waals surface area contributed by atoms with Gasteiger partial charge in [-0.05, 0) is 416 Å². The Hall–Kier alpha value is 0.260. The fourth-order valence-electron chi connectivity index (χ4n) is 18.1. The molecule has 7 rings (SSSR count). The quantitative estimate of drug-likeness (QED) is 0.232. The summed E-state index contributed by atoms with van der Waals surface area (Å²) in [6.45, 7) is 129. The molecule has 105 heavy (non-hydrogen) atoms. The van der Waals surface area contributed by atoms with Crippen molar-refractivity contribution in [2.75, 3.05) is 56.4 Å². The van der Waals surface area contributed by atoms with Crippen LogP contribution in [0.15, 0.2) is 0 Å². The Balaban J connectivity index is 0.000000613. The fourth-order valence-corrected chi connectivity index (χ4v) is 22.2. The van der Waals surface area contributed by atoms with Crippen LogP contribution in [0, 0.1) is 10.8 Å². The average molecular weight is 1520 g/mol. The Morgan fingerprint density at radius 1 is 0.133 bits per heavy atom. The molecule has 0 aromatic carbocycles. The van der Waals surface area contributed by atoms with Gasteiger partial charge in [-0.1, -0.05) is 27.7 Å². The second kappa shape index (κ2) is 28.6. The number of hydrogen-bond donors (Lipinski definition) is 0. The van der Waals surface area contributed by atoms with Crippen molar-refractivity contribution < 1.29 is 14.2 Å². The lowest BCUT2D eigenvalue weighted by molar-refractivity contribution is -0.285. The van der Waals surface area contributed by atoms with Crippen molar-refractivity contribution in [3.8, 4) is 0 Å². The number of nitrogens with zero attached hydrogens (tertiary/aromatic N) is 8. The normalized spacial score (nSPS) is 32.7. The molecule has 630 valence electrons. The third-order valence-electron chi connectivity index (χ3n) is 38.3. The third-order valence-corrected chi connectivity index (χ3v) is 42.4. The molecule has 7 saturated heterocycles. The minimum atomic E-state index is -0.138. The van der Waals surface area contributed by atoms with Crippen LogP contribution < -0.4 is 0 Å². The van der Waals surface area contributed by atoms with Gasteiger partial charge in [-0.25, -0.2) is 0 Å². The van der Waals surface area contributed by atoms with Crippen molar-refractivity contribution in [2.45, 2.75) is 529 Å². The van der Waals surface area contributed by atoms with Crippen molar-refractivity contribution in [1.82, 2.24) is 39.2 Å². The highest BCUT2D eigenvalue weighted by molar-refractivity contribution is 8.02. The summed E-state index contributed by atoms with van der Waals surface area (Å²) in [6, 6.07) is 0. The first-order chi connectivity index (χ1) is 44.5. The lowest BCUT2D eigenvalue weighted by Gasteiger charge is -2.70. The Kier molecular flexibility index (Phi) is 28.1. The van der Waals surface area contributed by atoms with Gasteiger partial charge in [-0.3, -0.25) is 39.2 Å². The summed E-state index contributed by atoms with van der Waals surface area (Å²) in [5, 5.41) is 0. The molecule has 0 unspecified atom stereocenters. The van der Waals surface area contributed by atoms with Crippen LogP contribution in [0.3, 0.4) is 0 Å². The van der Waals surface area contributed by atoms with Gasteiger partial charge in [0, 0.05) is 118 Å². The van der Waals surface area contributed by atoms with E-state index in [1.165, 1.54) is 0 Å². The van der Waals surface area contributed by atoms with Crippen molar-refractivity contribution in [3.05, 3.63) is 0 Å². The molecule has 0 radical (unpaired) electrons. The molecule has 0 spiro atoms. The first-order valence-corrected chi connectivity index (χ1v) is 42.6. The fraction of sp³-hybridized carbons (Fsp3) is 1.00. The summed E-state index contributed by atoms with van der Waals surface area (Å²) < 4.78 is 19.9. The Bertz CT molecular complexity index is 2440. The van der Waals surface area contributed by atoms with E-state index >= 15 is 0 Å². The maximum atomic E-state index is 6.32. The predicted molar refractivity (Wildman–Crippen MR) is 474 cm³/mol. The molecule has 7 aliphatic heterocycles. The molecule has 0 aromatic rings. The van der Waals surface area contributed by atoms with Crippen LogP contribution >= 0.6 is 23.5 Å². The Morgan fingerprint density at radius 3 is 0.333 bits per heavy atom. The number of rotatable bonds is 0. The smallest absolute Gasteiger partial charge is 0.0812 e. The first-order valence-electron chi connectivity index (χ1n) is 40.9. The number of piperazine rings is 2. The number of thioether (sulfide) groups is 2. The van der Waals surface area contributed by atoms with Crippen LogP contribution in [0.4, 0.5) is 0 Å². The number of likely N-dealkylation sites (N-methyl/N-ethyl adjacent to an activating group) is 6. The third kappa shape index (κ3) is 16.0. The summed E-state index contributed by atoms with van der Waals surface area (Å²) in [4.78, 5) is 20.2. The topological polar surface area (TPSA) is 53.6 Å². The molecule has 0 amide bonds. The molecule has 11 nitrogen and oxygen atoms in total. The molecule has 0 N–H and O–H groups in total. The van der Waals surface area contributed by atoms with Crippen LogP contribution in [-0.2, 0) is 14.2 Å². The molecule has 0 aliphatic carbocycles. The standard InChI is InChI=1S/2C14H30N2.2C13H27NO.2C13H27NS.C12H24O/c2*1-11(2)12(3,4)16(10)14(7,8)13(5,6)15(11)9;4*1-10(2)12(5,6)15-13(7,8)11(3,4)14(10)9;1-9(2)10(3,4)12(7,8)13-11(9,5)6/h2*1-10H3;4*1-9H3;1-8H3. The van der Waals surface area contributed by atoms with Gasteiger partial charge in [0.05, 0.1) is 33.6 Å². The van der Waals surface area contributed by atoms with E-state index in [0.717, 1.165) is 0 Å². The van der Waals surface area contributed by atoms with E-state index < -0.39 is 0 Å². The van der Waals surface area contributed by atoms with Crippen molar-refractivity contribution >= 4 is 23.5 Å². The van der Waals surface area contributed by atoms with E-state index in [4.69, 9.17) is 14.2 Å². The number of ether oxygens (including phenoxy) is 3. The molecule has 13 heteroatoms. The van der Waals surface area contributed by atoms with Crippen molar-refractivity contribution in [3.63, 3.8) is 0 Å². The van der Waals surface area contributed by atoms with E-state index in [-0.39, 0.29) is 152 Å². The zero-order chi connectivity index (χ0) is 86.2. The van der Waals surface area contributed by atoms with E-state index in [9.17, 15) is 0 Å². The van der Waals surface area contributed by atoms with Crippen LogP contribution in [0.5, 0.6) is 0 Å². The van der Waals surface area contributed by atoms with Crippen LogP contribution in [-0.4, -0.2) is 237 Å².